The van der Waals surface area contributed by atoms with Gasteiger partial charge in [-0.2, -0.15) is 0 Å². The third kappa shape index (κ3) is 3.18. The van der Waals surface area contributed by atoms with Gasteiger partial charge < -0.3 is 9.57 Å². The first-order valence-corrected chi connectivity index (χ1v) is 4.01. The largest absolute Gasteiger partial charge is 0.490 e. The number of ether oxygens (including phenoxy) is 1. The molecule has 0 unspecified atom stereocenters. The van der Waals surface area contributed by atoms with E-state index in [1.807, 2.05) is 0 Å². The van der Waals surface area contributed by atoms with Crippen LogP contribution in [0, 0.1) is 5.82 Å². The van der Waals surface area contributed by atoms with E-state index >= 15 is 0 Å². The number of halogens is 2. The molecule has 0 aliphatic carbocycles. The van der Waals surface area contributed by atoms with Gasteiger partial charge >= 0.3 is 0 Å². The van der Waals surface area contributed by atoms with Crippen molar-refractivity contribution in [2.75, 3.05) is 13.2 Å². The molecule has 0 amide bonds. The molecule has 0 saturated carbocycles. The second-order valence-corrected chi connectivity index (χ2v) is 2.70. The van der Waals surface area contributed by atoms with Crippen molar-refractivity contribution in [2.24, 2.45) is 5.90 Å². The van der Waals surface area contributed by atoms with Crippen LogP contribution in [0.2, 0.25) is 5.02 Å². The molecule has 0 bridgehead atoms. The summed E-state index contributed by atoms with van der Waals surface area (Å²) < 4.78 is 17.7. The lowest BCUT2D eigenvalue weighted by Crippen LogP contribution is -2.10. The first-order chi connectivity index (χ1) is 6.24. The van der Waals surface area contributed by atoms with Crippen molar-refractivity contribution in [3.8, 4) is 5.75 Å². The van der Waals surface area contributed by atoms with E-state index in [0.29, 0.717) is 5.75 Å². The second kappa shape index (κ2) is 5.01. The molecule has 5 heteroatoms. The van der Waals surface area contributed by atoms with E-state index in [-0.39, 0.29) is 18.2 Å². The molecule has 13 heavy (non-hydrogen) atoms. The van der Waals surface area contributed by atoms with Gasteiger partial charge in [0.25, 0.3) is 0 Å². The molecule has 0 saturated heterocycles. The Morgan fingerprint density at radius 1 is 1.38 bits per heavy atom. The summed E-state index contributed by atoms with van der Waals surface area (Å²) in [6.07, 6.45) is 0. The van der Waals surface area contributed by atoms with Crippen LogP contribution in [0.5, 0.6) is 5.75 Å². The Morgan fingerprint density at radius 3 is 2.77 bits per heavy atom. The van der Waals surface area contributed by atoms with Crippen LogP contribution >= 0.6 is 11.6 Å². The summed E-state index contributed by atoms with van der Waals surface area (Å²) >= 11 is 5.67. The minimum Gasteiger partial charge on any atom is -0.490 e. The van der Waals surface area contributed by atoms with Gasteiger partial charge in [-0.3, -0.25) is 0 Å². The van der Waals surface area contributed by atoms with Crippen molar-refractivity contribution in [3.05, 3.63) is 29.0 Å². The van der Waals surface area contributed by atoms with Crippen molar-refractivity contribution < 1.29 is 14.0 Å². The van der Waals surface area contributed by atoms with Gasteiger partial charge in [-0.15, -0.1) is 0 Å². The minimum atomic E-state index is -0.396. The van der Waals surface area contributed by atoms with Crippen molar-refractivity contribution in [3.63, 3.8) is 0 Å². The van der Waals surface area contributed by atoms with E-state index < -0.39 is 5.82 Å². The zero-order chi connectivity index (χ0) is 9.68. The van der Waals surface area contributed by atoms with Crippen molar-refractivity contribution in [1.29, 1.82) is 0 Å². The Kier molecular flexibility index (Phi) is 3.95. The van der Waals surface area contributed by atoms with Crippen LogP contribution in [0.4, 0.5) is 4.39 Å². The first-order valence-electron chi connectivity index (χ1n) is 3.63. The fraction of sp³-hybridized carbons (Fsp3) is 0.250. The zero-order valence-corrected chi connectivity index (χ0v) is 7.55. The number of hydrogen-bond acceptors (Lipinski definition) is 3. The summed E-state index contributed by atoms with van der Waals surface area (Å²) in [5.41, 5.74) is 0. The van der Waals surface area contributed by atoms with E-state index in [4.69, 9.17) is 22.2 Å². The fourth-order valence-electron chi connectivity index (χ4n) is 0.792. The van der Waals surface area contributed by atoms with E-state index in [1.54, 1.807) is 0 Å². The molecule has 0 spiro atoms. The Bertz CT molecular complexity index is 283. The fourth-order valence-corrected chi connectivity index (χ4v) is 1.01. The summed E-state index contributed by atoms with van der Waals surface area (Å²) in [6.45, 7) is 0.537. The maximum Gasteiger partial charge on any atom is 0.138 e. The quantitative estimate of drug-likeness (QED) is 0.602. The highest BCUT2D eigenvalue weighted by Gasteiger charge is 2.01. The molecule has 2 N–H and O–H groups in total. The average molecular weight is 206 g/mol. The third-order valence-corrected chi connectivity index (χ3v) is 1.65. The highest BCUT2D eigenvalue weighted by molar-refractivity contribution is 6.32. The summed E-state index contributed by atoms with van der Waals surface area (Å²) in [4.78, 5) is 4.28. The second-order valence-electron chi connectivity index (χ2n) is 2.29. The molecule has 72 valence electrons. The lowest BCUT2D eigenvalue weighted by atomic mass is 10.3. The maximum atomic E-state index is 12.6. The van der Waals surface area contributed by atoms with Gasteiger partial charge in [-0.25, -0.2) is 10.3 Å². The number of benzene rings is 1. The lowest BCUT2D eigenvalue weighted by Gasteiger charge is -2.06. The van der Waals surface area contributed by atoms with Gasteiger partial charge in [-0.05, 0) is 18.2 Å². The van der Waals surface area contributed by atoms with Crippen LogP contribution < -0.4 is 10.6 Å². The first kappa shape index (κ1) is 10.2. The number of hydrogen-bond donors (Lipinski definition) is 1. The summed E-state index contributed by atoms with van der Waals surface area (Å²) in [6, 6.07) is 3.90. The lowest BCUT2D eigenvalue weighted by molar-refractivity contribution is 0.102. The minimum absolute atomic E-state index is 0.233. The van der Waals surface area contributed by atoms with E-state index in [2.05, 4.69) is 4.84 Å². The molecule has 1 rings (SSSR count). The molecular weight excluding hydrogens is 197 g/mol. The van der Waals surface area contributed by atoms with Crippen molar-refractivity contribution in [2.45, 2.75) is 0 Å². The van der Waals surface area contributed by atoms with Gasteiger partial charge in [0.05, 0.1) is 5.02 Å². The molecule has 0 atom stereocenters. The van der Waals surface area contributed by atoms with Crippen LogP contribution in [-0.2, 0) is 4.84 Å². The predicted octanol–water partition coefficient (Wildman–Crippen LogP) is 1.75. The van der Waals surface area contributed by atoms with Gasteiger partial charge in [0.15, 0.2) is 0 Å². The smallest absolute Gasteiger partial charge is 0.138 e. The summed E-state index contributed by atoms with van der Waals surface area (Å²) in [5, 5.41) is 0.233. The standard InChI is InChI=1S/C8H9ClFNO2/c9-7-5-6(10)1-2-8(7)12-3-4-13-11/h1-2,5H,3-4,11H2. The molecule has 1 aromatic rings. The molecular formula is C8H9ClFNO2. The Labute approximate surface area is 80.2 Å². The van der Waals surface area contributed by atoms with Crippen LogP contribution in [0.1, 0.15) is 0 Å². The summed E-state index contributed by atoms with van der Waals surface area (Å²) in [7, 11) is 0. The van der Waals surface area contributed by atoms with E-state index in [1.165, 1.54) is 18.2 Å². The van der Waals surface area contributed by atoms with Crippen molar-refractivity contribution in [1.82, 2.24) is 0 Å². The maximum absolute atomic E-state index is 12.6. The molecule has 0 radical (unpaired) electrons. The van der Waals surface area contributed by atoms with Crippen LogP contribution in [-0.4, -0.2) is 13.2 Å². The van der Waals surface area contributed by atoms with Crippen molar-refractivity contribution >= 4 is 11.6 Å². The molecule has 0 heterocycles. The molecule has 0 aromatic heterocycles. The van der Waals surface area contributed by atoms with Gasteiger partial charge in [-0.1, -0.05) is 11.6 Å². The zero-order valence-electron chi connectivity index (χ0n) is 6.80. The molecule has 0 aliphatic heterocycles. The third-order valence-electron chi connectivity index (χ3n) is 1.35. The predicted molar refractivity (Wildman–Crippen MR) is 47.0 cm³/mol. The Morgan fingerprint density at radius 2 is 2.15 bits per heavy atom. The average Bonchev–Trinajstić information content (AvgIpc) is 2.09. The monoisotopic (exact) mass is 205 g/mol. The molecule has 0 aliphatic rings. The van der Waals surface area contributed by atoms with E-state index in [0.717, 1.165) is 0 Å². The van der Waals surface area contributed by atoms with Crippen LogP contribution in [0.3, 0.4) is 0 Å². The number of rotatable bonds is 4. The van der Waals surface area contributed by atoms with Gasteiger partial charge in [0.1, 0.15) is 24.8 Å². The number of nitrogens with two attached hydrogens (primary N) is 1. The highest BCUT2D eigenvalue weighted by atomic mass is 35.5. The van der Waals surface area contributed by atoms with Crippen LogP contribution in [0.15, 0.2) is 18.2 Å². The highest BCUT2D eigenvalue weighted by Crippen LogP contribution is 2.24. The Hall–Kier alpha value is -0.840. The van der Waals surface area contributed by atoms with E-state index in [9.17, 15) is 4.39 Å². The topological polar surface area (TPSA) is 44.5 Å². The van der Waals surface area contributed by atoms with Gasteiger partial charge in [0.2, 0.25) is 0 Å². The normalized spacial score (nSPS) is 10.1. The SMILES string of the molecule is NOCCOc1ccc(F)cc1Cl. The molecule has 0 fully saturated rings. The van der Waals surface area contributed by atoms with Gasteiger partial charge in [0, 0.05) is 0 Å². The molecule has 1 aromatic carbocycles. The summed E-state index contributed by atoms with van der Waals surface area (Å²) in [5.74, 6) is 4.80. The Balaban J connectivity index is 2.56. The van der Waals surface area contributed by atoms with Crippen LogP contribution in [0.25, 0.3) is 0 Å². The molecule has 3 nitrogen and oxygen atoms in total.